The number of phenols is 1. The van der Waals surface area contributed by atoms with Crippen molar-refractivity contribution in [2.45, 2.75) is 84.7 Å². The van der Waals surface area contributed by atoms with Crippen molar-refractivity contribution in [3.05, 3.63) is 83.5 Å². The summed E-state index contributed by atoms with van der Waals surface area (Å²) in [5, 5.41) is 26.9. The first-order valence-electron chi connectivity index (χ1n) is 14.6. The molecule has 2 bridgehead atoms. The smallest absolute Gasteiger partial charge is 0.328 e. The molecule has 1 aromatic carbocycles. The van der Waals surface area contributed by atoms with Crippen molar-refractivity contribution < 1.29 is 34.1 Å². The highest BCUT2D eigenvalue weighted by Gasteiger charge is 2.30. The number of benzene rings is 1. The highest BCUT2D eigenvalue weighted by atomic mass is 16.5. The number of aryl methyl sites for hydroxylation is 1. The fourth-order valence-corrected chi connectivity index (χ4v) is 4.45. The number of aliphatic hydroxyl groups is 1. The number of methoxy groups -OCH3 is 1. The molecule has 4 N–H and O–H groups in total. The van der Waals surface area contributed by atoms with Crippen LogP contribution in [0, 0.1) is 5.92 Å². The molecule has 1 unspecified atom stereocenters. The number of phenolic OH excluding ortho intramolecular Hbond substituents is 1. The van der Waals surface area contributed by atoms with E-state index in [0.717, 1.165) is 11.1 Å². The fraction of sp³-hybridized carbons (Fsp3) is 0.441. The van der Waals surface area contributed by atoms with E-state index in [2.05, 4.69) is 10.6 Å². The predicted octanol–water partition coefficient (Wildman–Crippen LogP) is 5.07. The number of anilines is 1. The van der Waals surface area contributed by atoms with Crippen LogP contribution in [-0.2, 0) is 30.3 Å². The van der Waals surface area contributed by atoms with Crippen LogP contribution in [0.5, 0.6) is 5.75 Å². The molecule has 0 aromatic heterocycles. The van der Waals surface area contributed by atoms with E-state index in [9.17, 15) is 24.6 Å². The molecular formula is C34H46N2O7. The van der Waals surface area contributed by atoms with Gasteiger partial charge in [-0.05, 0) is 63.8 Å². The summed E-state index contributed by atoms with van der Waals surface area (Å²) in [7, 11) is 1.53. The number of carbonyl (C=O) groups excluding carboxylic acids is 3. The Bertz CT molecular complexity index is 1260. The zero-order valence-corrected chi connectivity index (χ0v) is 26.0. The zero-order valence-electron chi connectivity index (χ0n) is 26.0. The summed E-state index contributed by atoms with van der Waals surface area (Å²) < 4.78 is 11.2. The number of rotatable bonds is 5. The van der Waals surface area contributed by atoms with Crippen LogP contribution in [0.25, 0.3) is 0 Å². The molecule has 0 spiro atoms. The van der Waals surface area contributed by atoms with E-state index in [0.29, 0.717) is 30.5 Å². The molecular weight excluding hydrogens is 548 g/mol. The van der Waals surface area contributed by atoms with Crippen LogP contribution in [0.1, 0.15) is 59.4 Å². The molecule has 1 heterocycles. The van der Waals surface area contributed by atoms with Crippen LogP contribution in [0.15, 0.2) is 78.0 Å². The van der Waals surface area contributed by atoms with Gasteiger partial charge in [0, 0.05) is 36.8 Å². The Morgan fingerprint density at radius 3 is 2.58 bits per heavy atom. The van der Waals surface area contributed by atoms with Crippen LogP contribution in [0.4, 0.5) is 5.69 Å². The van der Waals surface area contributed by atoms with Crippen molar-refractivity contribution in [1.29, 1.82) is 0 Å². The van der Waals surface area contributed by atoms with E-state index < -0.39 is 36.2 Å². The zero-order chi connectivity index (χ0) is 31.9. The third kappa shape index (κ3) is 12.1. The lowest BCUT2D eigenvalue weighted by atomic mass is 9.90. The van der Waals surface area contributed by atoms with Crippen LogP contribution >= 0.6 is 0 Å². The minimum atomic E-state index is -0.890. The van der Waals surface area contributed by atoms with Gasteiger partial charge in [-0.25, -0.2) is 4.79 Å². The van der Waals surface area contributed by atoms with Gasteiger partial charge in [-0.1, -0.05) is 55.5 Å². The van der Waals surface area contributed by atoms with Crippen molar-refractivity contribution in [2.24, 2.45) is 5.92 Å². The molecule has 1 aliphatic rings. The second-order valence-corrected chi connectivity index (χ2v) is 10.8. The molecule has 1 aromatic rings. The van der Waals surface area contributed by atoms with Crippen LogP contribution < -0.4 is 10.6 Å². The molecule has 9 nitrogen and oxygen atoms in total. The molecule has 0 radical (unpaired) electrons. The van der Waals surface area contributed by atoms with E-state index in [-0.39, 0.29) is 24.0 Å². The standard InChI is InChI=1S/C34H46N2O7/c1-7-22(2)33(40)35-25(5)34(41)43-30-17-12-10-8-9-11-16-29(42-6)21-31(38)36-27-18-26(19-28(37)20-27)15-13-14-23(3)32(39)24(30)4/h7-12,14,16,18-20,24-25,29-30,32,37,39H,13,15,17,21H2,1-6H3,(H,35,40)(H,36,38)/b9-8+,12-10+,16-11+,22-7+,23-14-/t24-,25-,29?,30-,32+/m0/s1. The Hall–Kier alpha value is -3.95. The van der Waals surface area contributed by atoms with Gasteiger partial charge in [0.2, 0.25) is 11.8 Å². The molecule has 43 heavy (non-hydrogen) atoms. The summed E-state index contributed by atoms with van der Waals surface area (Å²) in [5.74, 6) is -1.60. The molecule has 5 atom stereocenters. The normalized spacial score (nSPS) is 26.8. The van der Waals surface area contributed by atoms with Crippen LogP contribution in [0.2, 0.25) is 0 Å². The van der Waals surface area contributed by atoms with Crippen LogP contribution in [-0.4, -0.2) is 59.5 Å². The Morgan fingerprint density at radius 2 is 1.88 bits per heavy atom. The Balaban J connectivity index is 2.32. The van der Waals surface area contributed by atoms with Gasteiger partial charge in [0.25, 0.3) is 0 Å². The number of aromatic hydroxyl groups is 1. The third-order valence-corrected chi connectivity index (χ3v) is 7.32. The van der Waals surface area contributed by atoms with Gasteiger partial charge in [-0.2, -0.15) is 0 Å². The summed E-state index contributed by atoms with van der Waals surface area (Å²) in [4.78, 5) is 37.8. The predicted molar refractivity (Wildman–Crippen MR) is 168 cm³/mol. The molecule has 9 heteroatoms. The molecule has 0 fully saturated rings. The lowest BCUT2D eigenvalue weighted by Crippen LogP contribution is -2.43. The maximum absolute atomic E-state index is 12.9. The Labute approximate surface area is 255 Å². The maximum Gasteiger partial charge on any atom is 0.328 e. The van der Waals surface area contributed by atoms with Crippen molar-refractivity contribution >= 4 is 23.5 Å². The van der Waals surface area contributed by atoms with Gasteiger partial charge in [-0.15, -0.1) is 0 Å². The number of nitrogens with one attached hydrogen (secondary N) is 2. The van der Waals surface area contributed by atoms with Gasteiger partial charge >= 0.3 is 5.97 Å². The summed E-state index contributed by atoms with van der Waals surface area (Å²) in [6, 6.07) is 4.07. The quantitative estimate of drug-likeness (QED) is 0.213. The molecule has 0 saturated heterocycles. The number of ether oxygens (including phenoxy) is 2. The molecule has 234 valence electrons. The van der Waals surface area contributed by atoms with Gasteiger partial charge in [-0.3, -0.25) is 9.59 Å². The summed E-state index contributed by atoms with van der Waals surface area (Å²) in [6.45, 7) is 8.62. The first kappa shape index (κ1) is 35.2. The molecule has 0 aliphatic carbocycles. The first-order valence-corrected chi connectivity index (χ1v) is 14.6. The van der Waals surface area contributed by atoms with Crippen molar-refractivity contribution in [3.8, 4) is 5.75 Å². The second kappa shape index (κ2) is 17.9. The summed E-state index contributed by atoms with van der Waals surface area (Å²) >= 11 is 0. The number of fused-ring (bicyclic) bond motifs is 2. The van der Waals surface area contributed by atoms with Gasteiger partial charge in [0.1, 0.15) is 17.9 Å². The number of amides is 2. The number of carbonyl (C=O) groups is 3. The molecule has 2 rings (SSSR count). The Kier molecular flexibility index (Phi) is 14.7. The number of hydrogen-bond acceptors (Lipinski definition) is 7. The largest absolute Gasteiger partial charge is 0.508 e. The maximum atomic E-state index is 12.9. The average Bonchev–Trinajstić information content (AvgIpc) is 2.96. The number of aliphatic hydroxyl groups excluding tert-OH is 1. The van der Waals surface area contributed by atoms with E-state index in [1.807, 2.05) is 38.1 Å². The topological polar surface area (TPSA) is 134 Å². The van der Waals surface area contributed by atoms with Crippen LogP contribution in [0.3, 0.4) is 0 Å². The minimum absolute atomic E-state index is 0.0392. The minimum Gasteiger partial charge on any atom is -0.508 e. The highest BCUT2D eigenvalue weighted by Crippen LogP contribution is 2.24. The molecule has 0 saturated carbocycles. The number of hydrogen-bond donors (Lipinski definition) is 4. The van der Waals surface area contributed by atoms with E-state index in [1.165, 1.54) is 13.2 Å². The van der Waals surface area contributed by atoms with Gasteiger partial charge in [0.15, 0.2) is 0 Å². The molecule has 1 aliphatic heterocycles. The lowest BCUT2D eigenvalue weighted by molar-refractivity contribution is -0.156. The van der Waals surface area contributed by atoms with E-state index >= 15 is 0 Å². The van der Waals surface area contributed by atoms with Gasteiger partial charge < -0.3 is 30.3 Å². The first-order chi connectivity index (χ1) is 20.4. The van der Waals surface area contributed by atoms with Crippen molar-refractivity contribution in [1.82, 2.24) is 5.32 Å². The number of allylic oxidation sites excluding steroid dienone is 6. The van der Waals surface area contributed by atoms with Crippen molar-refractivity contribution in [3.63, 3.8) is 0 Å². The number of esters is 1. The second-order valence-electron chi connectivity index (χ2n) is 10.8. The monoisotopic (exact) mass is 594 g/mol. The molecule has 2 amide bonds. The van der Waals surface area contributed by atoms with E-state index in [1.54, 1.807) is 57.2 Å². The van der Waals surface area contributed by atoms with Gasteiger partial charge in [0.05, 0.1) is 18.6 Å². The third-order valence-electron chi connectivity index (χ3n) is 7.32. The lowest BCUT2D eigenvalue weighted by Gasteiger charge is -2.29. The van der Waals surface area contributed by atoms with Crippen molar-refractivity contribution in [2.75, 3.05) is 12.4 Å². The van der Waals surface area contributed by atoms with E-state index in [4.69, 9.17) is 9.47 Å². The Morgan fingerprint density at radius 1 is 1.16 bits per heavy atom. The summed E-state index contributed by atoms with van der Waals surface area (Å²) in [6.07, 6.45) is 13.9. The SMILES string of the molecule is C/C=C(\C)C(=O)N[C@@H](C)C(=O)O[C@H]1C/C=C/C=C/C=C/C(OC)CC(=O)Nc2cc(O)cc(c2)CC/C=C(/C)[C@@H](O)[C@H]1C. The highest BCUT2D eigenvalue weighted by molar-refractivity contribution is 5.95. The average molecular weight is 595 g/mol. The fourth-order valence-electron chi connectivity index (χ4n) is 4.45. The summed E-state index contributed by atoms with van der Waals surface area (Å²) in [5.41, 5.74) is 2.52.